The van der Waals surface area contributed by atoms with Gasteiger partial charge in [0.05, 0.1) is 6.20 Å². The van der Waals surface area contributed by atoms with Gasteiger partial charge in [-0.25, -0.2) is 4.98 Å². The number of nitrogens with zero attached hydrogens (tertiary/aromatic N) is 3. The minimum atomic E-state index is 0.373. The molecule has 26 heavy (non-hydrogen) atoms. The summed E-state index contributed by atoms with van der Waals surface area (Å²) >= 11 is 3.44. The average molecular weight is 415 g/mol. The van der Waals surface area contributed by atoms with Gasteiger partial charge in [-0.1, -0.05) is 22.0 Å². The highest BCUT2D eigenvalue weighted by Crippen LogP contribution is 2.26. The summed E-state index contributed by atoms with van der Waals surface area (Å²) in [6.07, 6.45) is 7.22. The highest BCUT2D eigenvalue weighted by Gasteiger charge is 2.18. The van der Waals surface area contributed by atoms with Crippen molar-refractivity contribution in [3.8, 4) is 6.07 Å². The van der Waals surface area contributed by atoms with E-state index in [-0.39, 0.29) is 0 Å². The summed E-state index contributed by atoms with van der Waals surface area (Å²) < 4.78 is 0.974. The Kier molecular flexibility index (Phi) is 6.42. The molecular formula is C19H23BrN6. The number of aromatic nitrogens is 2. The first kappa shape index (κ1) is 18.6. The van der Waals surface area contributed by atoms with E-state index in [9.17, 15) is 5.26 Å². The van der Waals surface area contributed by atoms with Crippen LogP contribution in [0.3, 0.4) is 0 Å². The lowest BCUT2D eigenvalue weighted by atomic mass is 9.84. The lowest BCUT2D eigenvalue weighted by Gasteiger charge is -2.26. The monoisotopic (exact) mass is 414 g/mol. The van der Waals surface area contributed by atoms with Gasteiger partial charge in [-0.2, -0.15) is 10.2 Å². The van der Waals surface area contributed by atoms with E-state index in [1.807, 2.05) is 24.3 Å². The molecule has 1 aliphatic carbocycles. The van der Waals surface area contributed by atoms with Crippen molar-refractivity contribution in [2.75, 3.05) is 17.2 Å². The summed E-state index contributed by atoms with van der Waals surface area (Å²) in [6, 6.07) is 10.3. The van der Waals surface area contributed by atoms with Crippen LogP contribution < -0.4 is 16.4 Å². The second kappa shape index (κ2) is 8.97. The molecule has 0 amide bonds. The number of nitrogens with one attached hydrogen (secondary N) is 2. The predicted octanol–water partition coefficient (Wildman–Crippen LogP) is 4.17. The Morgan fingerprint density at radius 3 is 2.81 bits per heavy atom. The molecule has 0 spiro atoms. The van der Waals surface area contributed by atoms with Crippen LogP contribution in [0.25, 0.3) is 0 Å². The summed E-state index contributed by atoms with van der Waals surface area (Å²) in [5, 5.41) is 15.8. The maximum Gasteiger partial charge on any atom is 0.229 e. The molecule has 1 aromatic carbocycles. The smallest absolute Gasteiger partial charge is 0.229 e. The fourth-order valence-corrected chi connectivity index (χ4v) is 3.62. The molecule has 1 saturated carbocycles. The molecule has 2 aromatic rings. The molecular weight excluding hydrogens is 392 g/mol. The molecule has 0 saturated heterocycles. The highest BCUT2D eigenvalue weighted by molar-refractivity contribution is 9.10. The molecule has 1 aromatic heterocycles. The van der Waals surface area contributed by atoms with E-state index in [1.54, 1.807) is 6.20 Å². The van der Waals surface area contributed by atoms with E-state index in [1.165, 1.54) is 12.8 Å². The van der Waals surface area contributed by atoms with Crippen LogP contribution >= 0.6 is 15.9 Å². The van der Waals surface area contributed by atoms with Gasteiger partial charge in [-0.05, 0) is 56.2 Å². The third-order valence-corrected chi connectivity index (χ3v) is 5.22. The van der Waals surface area contributed by atoms with Gasteiger partial charge < -0.3 is 16.4 Å². The Bertz CT molecular complexity index is 780. The summed E-state index contributed by atoms with van der Waals surface area (Å²) in [6.45, 7) is 0.794. The van der Waals surface area contributed by atoms with Crippen molar-refractivity contribution in [1.29, 1.82) is 5.26 Å². The number of hydrogen-bond donors (Lipinski definition) is 3. The first-order valence-corrected chi connectivity index (χ1v) is 9.72. The fourth-order valence-electron chi connectivity index (χ4n) is 3.23. The zero-order chi connectivity index (χ0) is 18.4. The second-order valence-electron chi connectivity index (χ2n) is 6.70. The van der Waals surface area contributed by atoms with Gasteiger partial charge in [0.15, 0.2) is 0 Å². The number of benzene rings is 1. The Balaban J connectivity index is 1.61. The molecule has 1 heterocycles. The van der Waals surface area contributed by atoms with Gasteiger partial charge in [0.1, 0.15) is 17.5 Å². The van der Waals surface area contributed by atoms with Crippen molar-refractivity contribution >= 4 is 33.4 Å². The van der Waals surface area contributed by atoms with Crippen molar-refractivity contribution in [3.63, 3.8) is 0 Å². The van der Waals surface area contributed by atoms with Gasteiger partial charge in [0.2, 0.25) is 5.95 Å². The van der Waals surface area contributed by atoms with E-state index < -0.39 is 0 Å². The Hall–Kier alpha value is -2.17. The zero-order valence-electron chi connectivity index (χ0n) is 14.6. The van der Waals surface area contributed by atoms with Crippen LogP contribution in [-0.2, 0) is 0 Å². The van der Waals surface area contributed by atoms with E-state index in [0.29, 0.717) is 29.3 Å². The molecule has 4 N–H and O–H groups in total. The Morgan fingerprint density at radius 2 is 2.08 bits per heavy atom. The summed E-state index contributed by atoms with van der Waals surface area (Å²) in [5.41, 5.74) is 7.30. The van der Waals surface area contributed by atoms with Crippen LogP contribution in [0.2, 0.25) is 0 Å². The van der Waals surface area contributed by atoms with Crippen molar-refractivity contribution < 1.29 is 0 Å². The van der Waals surface area contributed by atoms with Crippen LogP contribution in [0, 0.1) is 17.2 Å². The minimum absolute atomic E-state index is 0.373. The number of halogens is 1. The molecule has 0 aliphatic heterocycles. The third kappa shape index (κ3) is 5.16. The molecule has 6 nitrogen and oxygen atoms in total. The molecule has 0 radical (unpaired) electrons. The zero-order valence-corrected chi connectivity index (χ0v) is 16.2. The number of nitriles is 1. The van der Waals surface area contributed by atoms with Crippen molar-refractivity contribution in [3.05, 3.63) is 40.5 Å². The van der Waals surface area contributed by atoms with Crippen molar-refractivity contribution in [2.45, 2.75) is 38.1 Å². The third-order valence-electron chi connectivity index (χ3n) is 4.73. The van der Waals surface area contributed by atoms with Crippen LogP contribution in [-0.4, -0.2) is 22.6 Å². The summed E-state index contributed by atoms with van der Waals surface area (Å²) in [4.78, 5) is 8.70. The molecule has 1 aliphatic rings. The van der Waals surface area contributed by atoms with Crippen LogP contribution in [0.5, 0.6) is 0 Å². The van der Waals surface area contributed by atoms with Crippen molar-refractivity contribution in [2.24, 2.45) is 11.7 Å². The number of nitrogens with two attached hydrogens (primary N) is 1. The maximum atomic E-state index is 9.30. The Morgan fingerprint density at radius 1 is 1.27 bits per heavy atom. The molecule has 136 valence electrons. The first-order chi connectivity index (χ1) is 12.6. The Labute approximate surface area is 162 Å². The van der Waals surface area contributed by atoms with Gasteiger partial charge in [-0.15, -0.1) is 0 Å². The second-order valence-corrected chi connectivity index (χ2v) is 7.61. The normalized spacial score (nSPS) is 19.6. The number of anilines is 3. The van der Waals surface area contributed by atoms with E-state index >= 15 is 0 Å². The SMILES string of the molecule is N#Cc1cnc(Nc2cccc(Br)c2)nc1NCCC1CCC(N)CC1. The summed E-state index contributed by atoms with van der Waals surface area (Å²) in [7, 11) is 0. The van der Waals surface area contributed by atoms with Crippen LogP contribution in [0.4, 0.5) is 17.5 Å². The predicted molar refractivity (Wildman–Crippen MR) is 107 cm³/mol. The van der Waals surface area contributed by atoms with E-state index in [4.69, 9.17) is 5.73 Å². The molecule has 0 atom stereocenters. The standard InChI is InChI=1S/C19H23BrN6/c20-15-2-1-3-17(10-15)25-19-24-12-14(11-21)18(26-19)23-9-8-13-4-6-16(22)7-5-13/h1-3,10,12-13,16H,4-9,22H2,(H2,23,24,25,26). The molecule has 1 fully saturated rings. The topological polar surface area (TPSA) is 99.6 Å². The van der Waals surface area contributed by atoms with Gasteiger partial charge >= 0.3 is 0 Å². The van der Waals surface area contributed by atoms with Gasteiger partial charge in [-0.3, -0.25) is 0 Å². The largest absolute Gasteiger partial charge is 0.369 e. The fraction of sp³-hybridized carbons (Fsp3) is 0.421. The van der Waals surface area contributed by atoms with Crippen LogP contribution in [0.1, 0.15) is 37.7 Å². The van der Waals surface area contributed by atoms with Gasteiger partial charge in [0.25, 0.3) is 0 Å². The quantitative estimate of drug-likeness (QED) is 0.655. The lowest BCUT2D eigenvalue weighted by molar-refractivity contribution is 0.316. The van der Waals surface area contributed by atoms with Crippen LogP contribution in [0.15, 0.2) is 34.9 Å². The maximum absolute atomic E-state index is 9.30. The summed E-state index contributed by atoms with van der Waals surface area (Å²) in [5.74, 6) is 1.75. The molecule has 0 bridgehead atoms. The highest BCUT2D eigenvalue weighted by atomic mass is 79.9. The molecule has 0 unspecified atom stereocenters. The van der Waals surface area contributed by atoms with Crippen molar-refractivity contribution in [1.82, 2.24) is 9.97 Å². The number of hydrogen-bond acceptors (Lipinski definition) is 6. The molecule has 7 heteroatoms. The average Bonchev–Trinajstić information content (AvgIpc) is 2.64. The lowest BCUT2D eigenvalue weighted by Crippen LogP contribution is -2.27. The number of rotatable bonds is 6. The first-order valence-electron chi connectivity index (χ1n) is 8.93. The van der Waals surface area contributed by atoms with E-state index in [2.05, 4.69) is 42.6 Å². The minimum Gasteiger partial charge on any atom is -0.369 e. The van der Waals surface area contributed by atoms with Gasteiger partial charge in [0, 0.05) is 22.7 Å². The van der Waals surface area contributed by atoms with E-state index in [0.717, 1.165) is 36.0 Å². The molecule has 3 rings (SSSR count).